The van der Waals surface area contributed by atoms with Crippen LogP contribution in [0.5, 0.6) is 0 Å². The highest BCUT2D eigenvalue weighted by atomic mass is 16.3. The van der Waals surface area contributed by atoms with Crippen molar-refractivity contribution < 1.29 is 14.0 Å². The fourth-order valence-electron chi connectivity index (χ4n) is 2.69. The molecule has 6 nitrogen and oxygen atoms in total. The third-order valence-electron chi connectivity index (χ3n) is 3.96. The van der Waals surface area contributed by atoms with Crippen LogP contribution in [0.1, 0.15) is 17.1 Å². The van der Waals surface area contributed by atoms with Crippen LogP contribution in [0.4, 0.5) is 5.69 Å². The molecule has 1 aromatic heterocycles. The largest absolute Gasteiger partial charge is 0.466 e. The summed E-state index contributed by atoms with van der Waals surface area (Å²) in [4.78, 5) is 25.4. The third-order valence-corrected chi connectivity index (χ3v) is 3.96. The number of furan rings is 1. The monoisotopic (exact) mass is 327 g/mol. The first kappa shape index (κ1) is 16.1. The Labute approximate surface area is 140 Å². The molecule has 2 amide bonds. The second-order valence-electron chi connectivity index (χ2n) is 5.90. The van der Waals surface area contributed by atoms with Crippen LogP contribution in [0.25, 0.3) is 0 Å². The minimum Gasteiger partial charge on any atom is -0.466 e. The van der Waals surface area contributed by atoms with Crippen LogP contribution in [0, 0.1) is 6.92 Å². The molecule has 2 aromatic rings. The van der Waals surface area contributed by atoms with Gasteiger partial charge in [-0.25, -0.2) is 0 Å². The van der Waals surface area contributed by atoms with Crippen LogP contribution in [0.2, 0.25) is 0 Å². The second kappa shape index (κ2) is 7.21. The van der Waals surface area contributed by atoms with Gasteiger partial charge >= 0.3 is 0 Å². The van der Waals surface area contributed by atoms with E-state index in [1.807, 2.05) is 48.2 Å². The van der Waals surface area contributed by atoms with E-state index >= 15 is 0 Å². The smallest absolute Gasteiger partial charge is 0.239 e. The van der Waals surface area contributed by atoms with E-state index in [-0.39, 0.29) is 18.2 Å². The maximum absolute atomic E-state index is 11.9. The van der Waals surface area contributed by atoms with Gasteiger partial charge in [-0.2, -0.15) is 0 Å². The Hall–Kier alpha value is -2.76. The summed E-state index contributed by atoms with van der Waals surface area (Å²) in [5.74, 6) is 1.45. The van der Waals surface area contributed by atoms with Crippen molar-refractivity contribution in [1.82, 2.24) is 10.6 Å². The highest BCUT2D eigenvalue weighted by Crippen LogP contribution is 2.16. The Morgan fingerprint density at radius 3 is 2.71 bits per heavy atom. The number of anilines is 1. The van der Waals surface area contributed by atoms with Crippen molar-refractivity contribution in [2.24, 2.45) is 0 Å². The van der Waals surface area contributed by atoms with Gasteiger partial charge in [-0.15, -0.1) is 0 Å². The van der Waals surface area contributed by atoms with Crippen molar-refractivity contribution in [3.8, 4) is 0 Å². The van der Waals surface area contributed by atoms with E-state index in [9.17, 15) is 9.59 Å². The lowest BCUT2D eigenvalue weighted by atomic mass is 10.1. The molecule has 24 heavy (non-hydrogen) atoms. The summed E-state index contributed by atoms with van der Waals surface area (Å²) in [7, 11) is 0. The third kappa shape index (κ3) is 4.16. The van der Waals surface area contributed by atoms with Crippen molar-refractivity contribution in [2.45, 2.75) is 19.9 Å². The van der Waals surface area contributed by atoms with Gasteiger partial charge in [0.1, 0.15) is 11.5 Å². The molecule has 0 radical (unpaired) electrons. The first-order valence-electron chi connectivity index (χ1n) is 8.03. The summed E-state index contributed by atoms with van der Waals surface area (Å²) in [6.07, 6.45) is 0.245. The van der Waals surface area contributed by atoms with Crippen LogP contribution >= 0.6 is 0 Å². The number of benzene rings is 1. The molecular weight excluding hydrogens is 306 g/mol. The molecule has 1 aromatic carbocycles. The van der Waals surface area contributed by atoms with Gasteiger partial charge in [0.25, 0.3) is 0 Å². The zero-order chi connectivity index (χ0) is 16.9. The van der Waals surface area contributed by atoms with Crippen LogP contribution in [0.3, 0.4) is 0 Å². The van der Waals surface area contributed by atoms with E-state index in [0.717, 1.165) is 23.6 Å². The maximum Gasteiger partial charge on any atom is 0.239 e. The van der Waals surface area contributed by atoms with Gasteiger partial charge in [-0.3, -0.25) is 9.59 Å². The molecule has 6 heteroatoms. The fourth-order valence-corrected chi connectivity index (χ4v) is 2.69. The van der Waals surface area contributed by atoms with Gasteiger partial charge in [0.05, 0.1) is 13.0 Å². The van der Waals surface area contributed by atoms with E-state index in [4.69, 9.17) is 4.42 Å². The Morgan fingerprint density at radius 2 is 2.04 bits per heavy atom. The molecule has 3 rings (SSSR count). The van der Waals surface area contributed by atoms with E-state index in [1.54, 1.807) is 0 Å². The molecule has 0 unspecified atom stereocenters. The summed E-state index contributed by atoms with van der Waals surface area (Å²) in [6.45, 7) is 4.19. The molecule has 2 N–H and O–H groups in total. The molecule has 0 aliphatic carbocycles. The SMILES string of the molecule is Cc1ccc(CC(=O)NCc2ccc(N3CCNC(=O)C3)cc2)o1. The molecule has 0 saturated carbocycles. The molecule has 0 atom stereocenters. The van der Waals surface area contributed by atoms with Crippen molar-refractivity contribution in [3.63, 3.8) is 0 Å². The van der Waals surface area contributed by atoms with Gasteiger partial charge in [0.15, 0.2) is 0 Å². The van der Waals surface area contributed by atoms with Crippen LogP contribution in [-0.2, 0) is 22.6 Å². The van der Waals surface area contributed by atoms with E-state index in [1.165, 1.54) is 0 Å². The number of piperazine rings is 1. The van der Waals surface area contributed by atoms with Crippen molar-refractivity contribution in [2.75, 3.05) is 24.5 Å². The standard InChI is InChI=1S/C18H21N3O3/c1-13-2-7-16(24-13)10-17(22)20-11-14-3-5-15(6-4-14)21-9-8-19-18(23)12-21/h2-7H,8-12H2,1H3,(H,19,23)(H,20,22). The topological polar surface area (TPSA) is 74.6 Å². The Kier molecular flexibility index (Phi) is 4.84. The number of rotatable bonds is 5. The number of nitrogens with zero attached hydrogens (tertiary/aromatic N) is 1. The van der Waals surface area contributed by atoms with E-state index in [2.05, 4.69) is 10.6 Å². The Morgan fingerprint density at radius 1 is 1.25 bits per heavy atom. The Bertz CT molecular complexity index is 721. The van der Waals surface area contributed by atoms with Crippen LogP contribution in [-0.4, -0.2) is 31.4 Å². The summed E-state index contributed by atoms with van der Waals surface area (Å²) in [5.41, 5.74) is 2.04. The highest BCUT2D eigenvalue weighted by molar-refractivity contribution is 5.82. The summed E-state index contributed by atoms with van der Waals surface area (Å²) in [6, 6.07) is 11.6. The van der Waals surface area contributed by atoms with Gasteiger partial charge in [-0.1, -0.05) is 12.1 Å². The van der Waals surface area contributed by atoms with Crippen LogP contribution < -0.4 is 15.5 Å². The molecule has 0 bridgehead atoms. The lowest BCUT2D eigenvalue weighted by molar-refractivity contribution is -0.121. The molecule has 1 aliphatic rings. The van der Waals surface area contributed by atoms with E-state index in [0.29, 0.717) is 25.4 Å². The van der Waals surface area contributed by atoms with E-state index < -0.39 is 0 Å². The van der Waals surface area contributed by atoms with Gasteiger partial charge < -0.3 is 20.0 Å². The number of amides is 2. The predicted octanol–water partition coefficient (Wildman–Crippen LogP) is 1.38. The van der Waals surface area contributed by atoms with Gasteiger partial charge in [0, 0.05) is 25.3 Å². The minimum absolute atomic E-state index is 0.0470. The number of nitrogens with one attached hydrogen (secondary N) is 2. The maximum atomic E-state index is 11.9. The van der Waals surface area contributed by atoms with Crippen molar-refractivity contribution in [3.05, 3.63) is 53.5 Å². The second-order valence-corrected chi connectivity index (χ2v) is 5.90. The van der Waals surface area contributed by atoms with Crippen molar-refractivity contribution in [1.29, 1.82) is 0 Å². The minimum atomic E-state index is -0.0684. The molecule has 126 valence electrons. The molecule has 0 spiro atoms. The zero-order valence-electron chi connectivity index (χ0n) is 13.7. The molecular formula is C18H21N3O3. The molecule has 1 saturated heterocycles. The van der Waals surface area contributed by atoms with Crippen molar-refractivity contribution >= 4 is 17.5 Å². The normalized spacial score (nSPS) is 14.4. The average Bonchev–Trinajstić information content (AvgIpc) is 2.98. The quantitative estimate of drug-likeness (QED) is 0.870. The number of hydrogen-bond donors (Lipinski definition) is 2. The summed E-state index contributed by atoms with van der Waals surface area (Å²) < 4.78 is 5.40. The average molecular weight is 327 g/mol. The number of carbonyl (C=O) groups excluding carboxylic acids is 2. The van der Waals surface area contributed by atoms with Gasteiger partial charge in [0.2, 0.25) is 11.8 Å². The first-order chi connectivity index (χ1) is 11.6. The zero-order valence-corrected chi connectivity index (χ0v) is 13.7. The first-order valence-corrected chi connectivity index (χ1v) is 8.03. The molecule has 1 aliphatic heterocycles. The molecule has 1 fully saturated rings. The number of aryl methyl sites for hydroxylation is 1. The lowest BCUT2D eigenvalue weighted by Gasteiger charge is -2.28. The van der Waals surface area contributed by atoms with Gasteiger partial charge in [-0.05, 0) is 36.8 Å². The highest BCUT2D eigenvalue weighted by Gasteiger charge is 2.16. The molecule has 2 heterocycles. The predicted molar refractivity (Wildman–Crippen MR) is 90.7 cm³/mol. The number of carbonyl (C=O) groups is 2. The summed E-state index contributed by atoms with van der Waals surface area (Å²) >= 11 is 0. The Balaban J connectivity index is 1.50. The number of hydrogen-bond acceptors (Lipinski definition) is 4. The lowest BCUT2D eigenvalue weighted by Crippen LogP contribution is -2.47. The fraction of sp³-hybridized carbons (Fsp3) is 0.333. The summed E-state index contributed by atoms with van der Waals surface area (Å²) in [5, 5.41) is 5.70. The van der Waals surface area contributed by atoms with Crippen LogP contribution in [0.15, 0.2) is 40.8 Å².